The number of rotatable bonds is 3. The van der Waals surface area contributed by atoms with Gasteiger partial charge in [0.05, 0.1) is 0 Å². The van der Waals surface area contributed by atoms with Crippen LogP contribution in [0.25, 0.3) is 121 Å². The van der Waals surface area contributed by atoms with Gasteiger partial charge in [-0.2, -0.15) is 0 Å². The molecule has 0 bridgehead atoms. The van der Waals surface area contributed by atoms with Gasteiger partial charge in [0.25, 0.3) is 0 Å². The number of fused-ring (bicyclic) bond motifs is 9. The molecule has 0 atom stereocenters. The third kappa shape index (κ3) is 3.66. The molecule has 238 valence electrons. The molecule has 0 saturated carbocycles. The molecule has 52 heavy (non-hydrogen) atoms. The second-order valence-corrected chi connectivity index (χ2v) is 14.3. The number of hydrogen-bond donors (Lipinski definition) is 0. The fraction of sp³-hybridized carbons (Fsp3) is 0. The third-order valence-corrected chi connectivity index (χ3v) is 11.7. The lowest BCUT2D eigenvalue weighted by atomic mass is 9.81. The van der Waals surface area contributed by atoms with Crippen molar-refractivity contribution < 1.29 is 0 Å². The summed E-state index contributed by atoms with van der Waals surface area (Å²) < 4.78 is 0. The molecule has 0 aromatic heterocycles. The molecule has 0 aliphatic heterocycles. The van der Waals surface area contributed by atoms with Crippen LogP contribution in [0.15, 0.2) is 182 Å². The first-order valence-electron chi connectivity index (χ1n) is 18.2. The van der Waals surface area contributed by atoms with Crippen molar-refractivity contribution in [2.75, 3.05) is 0 Å². The first-order chi connectivity index (χ1) is 25.8. The van der Waals surface area contributed by atoms with E-state index in [1.54, 1.807) is 0 Å². The van der Waals surface area contributed by atoms with Crippen molar-refractivity contribution in [3.8, 4) is 77.9 Å². The van der Waals surface area contributed by atoms with E-state index in [9.17, 15) is 0 Å². The van der Waals surface area contributed by atoms with E-state index in [0.717, 1.165) is 0 Å². The van der Waals surface area contributed by atoms with Crippen molar-refractivity contribution in [1.29, 1.82) is 0 Å². The fourth-order valence-electron chi connectivity index (χ4n) is 9.63. The van der Waals surface area contributed by atoms with Crippen molar-refractivity contribution in [2.24, 2.45) is 0 Å². The Hall–Kier alpha value is -6.76. The van der Waals surface area contributed by atoms with Crippen LogP contribution < -0.4 is 0 Å². The molecule has 12 rings (SSSR count). The average molecular weight is 655 g/mol. The van der Waals surface area contributed by atoms with Crippen LogP contribution in [-0.4, -0.2) is 0 Å². The van der Waals surface area contributed by atoms with Crippen LogP contribution in [-0.2, 0) is 0 Å². The lowest BCUT2D eigenvalue weighted by Crippen LogP contribution is -1.94. The zero-order chi connectivity index (χ0) is 33.9. The molecular weight excluding hydrogens is 625 g/mol. The quantitative estimate of drug-likeness (QED) is 0.166. The molecule has 0 unspecified atom stereocenters. The summed E-state index contributed by atoms with van der Waals surface area (Å²) in [6.07, 6.45) is 0. The van der Waals surface area contributed by atoms with E-state index >= 15 is 0 Å². The standard InChI is InChI=1S/C52H30/c1-3-13-31(14-4-1)47-43-26-25-34(36-27-28-42-38-20-10-9-19-37(38)41-23-11-21-40(36)49(41)42)29-45(43)48(32-15-5-2-6-16-32)52-46-30-33-17-7-8-18-35(33)39-22-12-24-44(50(39)46)51(47)52/h1-30H. The molecule has 0 amide bonds. The van der Waals surface area contributed by atoms with Crippen molar-refractivity contribution in [3.63, 3.8) is 0 Å². The molecule has 0 heteroatoms. The number of hydrogen-bond acceptors (Lipinski definition) is 0. The Morgan fingerprint density at radius 2 is 0.750 bits per heavy atom. The Balaban J connectivity index is 1.24. The fourth-order valence-corrected chi connectivity index (χ4v) is 9.63. The average Bonchev–Trinajstić information content (AvgIpc) is 3.72. The van der Waals surface area contributed by atoms with Gasteiger partial charge in [0.15, 0.2) is 0 Å². The molecule has 0 N–H and O–H groups in total. The van der Waals surface area contributed by atoms with Crippen LogP contribution >= 0.6 is 0 Å². The zero-order valence-electron chi connectivity index (χ0n) is 28.3. The Kier molecular flexibility index (Phi) is 5.59. The minimum atomic E-state index is 1.24. The van der Waals surface area contributed by atoms with E-state index in [-0.39, 0.29) is 0 Å². The molecule has 0 saturated heterocycles. The van der Waals surface area contributed by atoms with Crippen molar-refractivity contribution in [3.05, 3.63) is 182 Å². The molecule has 0 spiro atoms. The smallest absolute Gasteiger partial charge is 0.000719 e. The van der Waals surface area contributed by atoms with Gasteiger partial charge in [0.2, 0.25) is 0 Å². The summed E-state index contributed by atoms with van der Waals surface area (Å²) in [6, 6.07) is 67.9. The Bertz CT molecular complexity index is 3120. The first-order valence-corrected chi connectivity index (χ1v) is 18.2. The maximum absolute atomic E-state index is 2.48. The maximum atomic E-state index is 2.48. The van der Waals surface area contributed by atoms with Gasteiger partial charge < -0.3 is 0 Å². The highest BCUT2D eigenvalue weighted by Crippen LogP contribution is 2.59. The molecule has 2 aliphatic carbocycles. The summed E-state index contributed by atoms with van der Waals surface area (Å²) in [7, 11) is 0. The van der Waals surface area contributed by atoms with E-state index in [0.29, 0.717) is 0 Å². The van der Waals surface area contributed by atoms with Crippen LogP contribution in [0, 0.1) is 0 Å². The molecule has 10 aromatic carbocycles. The predicted octanol–water partition coefficient (Wildman–Crippen LogP) is 14.6. The van der Waals surface area contributed by atoms with Gasteiger partial charge in [0.1, 0.15) is 0 Å². The zero-order valence-corrected chi connectivity index (χ0v) is 28.3. The van der Waals surface area contributed by atoms with Crippen molar-refractivity contribution in [2.45, 2.75) is 0 Å². The van der Waals surface area contributed by atoms with Gasteiger partial charge in [-0.15, -0.1) is 0 Å². The van der Waals surface area contributed by atoms with Crippen LogP contribution in [0.2, 0.25) is 0 Å². The minimum absolute atomic E-state index is 1.24. The summed E-state index contributed by atoms with van der Waals surface area (Å²) >= 11 is 0. The maximum Gasteiger partial charge on any atom is -0.000719 e. The van der Waals surface area contributed by atoms with Crippen LogP contribution in [0.4, 0.5) is 0 Å². The highest BCUT2D eigenvalue weighted by Gasteiger charge is 2.31. The Labute approximate surface area is 301 Å². The second kappa shape index (κ2) is 10.4. The van der Waals surface area contributed by atoms with Gasteiger partial charge >= 0.3 is 0 Å². The molecule has 2 aliphatic rings. The summed E-state index contributed by atoms with van der Waals surface area (Å²) in [5, 5.41) is 10.5. The molecule has 0 nitrogen and oxygen atoms in total. The molecule has 0 fully saturated rings. The highest BCUT2D eigenvalue weighted by molar-refractivity contribution is 6.31. The Morgan fingerprint density at radius 3 is 1.52 bits per heavy atom. The van der Waals surface area contributed by atoms with Gasteiger partial charge in [-0.3, -0.25) is 0 Å². The molecule has 0 radical (unpaired) electrons. The molecular formula is C52H30. The Morgan fingerprint density at radius 1 is 0.212 bits per heavy atom. The van der Waals surface area contributed by atoms with Crippen LogP contribution in [0.5, 0.6) is 0 Å². The summed E-state index contributed by atoms with van der Waals surface area (Å²) in [5.41, 5.74) is 18.2. The van der Waals surface area contributed by atoms with Crippen LogP contribution in [0.1, 0.15) is 0 Å². The lowest BCUT2D eigenvalue weighted by Gasteiger charge is -2.21. The SMILES string of the molecule is c1ccc(-c2c3c(c(-c4ccccc4)c4cc(-c5ccc6c7c(cccc57)-c5ccccc5-6)ccc24)-c2cc4ccccc4c4cccc-3c24)cc1. The third-order valence-electron chi connectivity index (χ3n) is 11.7. The van der Waals surface area contributed by atoms with Crippen molar-refractivity contribution in [1.82, 2.24) is 0 Å². The molecule has 10 aromatic rings. The van der Waals surface area contributed by atoms with Gasteiger partial charge in [-0.25, -0.2) is 0 Å². The first kappa shape index (κ1) is 28.0. The van der Waals surface area contributed by atoms with Gasteiger partial charge in [-0.05, 0) is 133 Å². The minimum Gasteiger partial charge on any atom is -0.0622 e. The summed E-state index contributed by atoms with van der Waals surface area (Å²) in [4.78, 5) is 0. The van der Waals surface area contributed by atoms with E-state index < -0.39 is 0 Å². The predicted molar refractivity (Wildman–Crippen MR) is 222 cm³/mol. The van der Waals surface area contributed by atoms with Gasteiger partial charge in [-0.1, -0.05) is 170 Å². The lowest BCUT2D eigenvalue weighted by molar-refractivity contribution is 1.62. The van der Waals surface area contributed by atoms with E-state index in [2.05, 4.69) is 182 Å². The normalized spacial score (nSPS) is 12.2. The summed E-state index contributed by atoms with van der Waals surface area (Å²) in [5.74, 6) is 0. The van der Waals surface area contributed by atoms with Crippen LogP contribution in [0.3, 0.4) is 0 Å². The van der Waals surface area contributed by atoms with Gasteiger partial charge in [0, 0.05) is 0 Å². The monoisotopic (exact) mass is 654 g/mol. The highest BCUT2D eigenvalue weighted by atomic mass is 14.3. The van der Waals surface area contributed by atoms with E-state index in [1.165, 1.54) is 121 Å². The second-order valence-electron chi connectivity index (χ2n) is 14.3. The largest absolute Gasteiger partial charge is 0.0622 e. The van der Waals surface area contributed by atoms with Crippen molar-refractivity contribution >= 4 is 43.1 Å². The molecule has 0 heterocycles. The van der Waals surface area contributed by atoms with E-state index in [4.69, 9.17) is 0 Å². The van der Waals surface area contributed by atoms with E-state index in [1.807, 2.05) is 0 Å². The summed E-state index contributed by atoms with van der Waals surface area (Å²) in [6.45, 7) is 0. The number of benzene rings is 10. The topological polar surface area (TPSA) is 0 Å².